The number of carbonyl (C=O) groups excluding carboxylic acids is 2. The average Bonchev–Trinajstić information content (AvgIpc) is 3.28. The van der Waals surface area contributed by atoms with Crippen molar-refractivity contribution < 1.29 is 14.3 Å². The summed E-state index contributed by atoms with van der Waals surface area (Å²) in [5.74, 6) is 0.437. The molecule has 4 N–H and O–H groups in total. The molecule has 2 radical (unpaired) electrons. The molecule has 1 aliphatic rings. The van der Waals surface area contributed by atoms with E-state index in [2.05, 4.69) is 36.4 Å². The van der Waals surface area contributed by atoms with E-state index in [-0.39, 0.29) is 21.8 Å². The fourth-order valence-corrected chi connectivity index (χ4v) is 5.00. The zero-order chi connectivity index (χ0) is 21.2. The van der Waals surface area contributed by atoms with Crippen LogP contribution in [0.5, 0.6) is 5.88 Å². The fourth-order valence-electron chi connectivity index (χ4n) is 3.55. The third-order valence-corrected chi connectivity index (χ3v) is 6.20. The Hall–Kier alpha value is -1.89. The normalized spacial score (nSPS) is 17.7. The molecular weight excluding hydrogens is 451 g/mol. The molecule has 2 atom stereocenters. The Labute approximate surface area is 183 Å². The molecule has 0 bridgehead atoms. The molecule has 9 heteroatoms. The van der Waals surface area contributed by atoms with Gasteiger partial charge in [0, 0.05) is 6.54 Å². The molecule has 7 nitrogen and oxygen atoms in total. The average molecular weight is 476 g/mol. The van der Waals surface area contributed by atoms with E-state index in [1.165, 1.54) is 11.3 Å². The van der Waals surface area contributed by atoms with Gasteiger partial charge in [-0.3, -0.25) is 0 Å². The molecule has 2 aromatic heterocycles. The first kappa shape index (κ1) is 21.8. The summed E-state index contributed by atoms with van der Waals surface area (Å²) in [6, 6.07) is 5.42. The number of amides is 2. The van der Waals surface area contributed by atoms with Gasteiger partial charge >= 0.3 is 138 Å². The summed E-state index contributed by atoms with van der Waals surface area (Å²) in [6.07, 6.45) is 2.87. The van der Waals surface area contributed by atoms with E-state index < -0.39 is 5.91 Å². The van der Waals surface area contributed by atoms with Gasteiger partial charge in [-0.05, 0) is 13.0 Å². The predicted molar refractivity (Wildman–Crippen MR) is 116 cm³/mol. The van der Waals surface area contributed by atoms with Crippen LogP contribution in [0, 0.1) is 11.3 Å². The van der Waals surface area contributed by atoms with E-state index in [0.717, 1.165) is 30.0 Å². The Bertz CT molecular complexity index is 886. The summed E-state index contributed by atoms with van der Waals surface area (Å²) in [6.45, 7) is 8.52. The number of aromatic nitrogens is 1. The standard InChI is InChI=1S/C20H25AsN4O3S/c1-20(2,3)16(12-6-7-23-9-12)28-15-5-4-11(10-24-15)14-8-13(17(22)26)18(29-14)25-19(21)27/h4-5,8,10,12,16,23H,6-7,9H2,1-3H3,(H2,22,26)(H,25,27). The molecule has 3 rings (SSSR count). The second kappa shape index (κ2) is 8.86. The maximum atomic E-state index is 11.7. The van der Waals surface area contributed by atoms with Crippen LogP contribution in [0.4, 0.5) is 9.80 Å². The van der Waals surface area contributed by atoms with Crippen LogP contribution in [0.1, 0.15) is 37.6 Å². The van der Waals surface area contributed by atoms with Gasteiger partial charge in [-0.1, -0.05) is 20.8 Å². The molecule has 0 aromatic carbocycles. The zero-order valence-corrected chi connectivity index (χ0v) is 19.4. The smallest absolute Gasteiger partial charge is 0.316 e. The van der Waals surface area contributed by atoms with Crippen molar-refractivity contribution in [1.82, 2.24) is 10.3 Å². The Morgan fingerprint density at radius 2 is 2.17 bits per heavy atom. The third kappa shape index (κ3) is 5.38. The van der Waals surface area contributed by atoms with Crippen LogP contribution in [-0.2, 0) is 0 Å². The molecular formula is C20H25AsN4O3S. The van der Waals surface area contributed by atoms with Gasteiger partial charge in [0.15, 0.2) is 0 Å². The van der Waals surface area contributed by atoms with Crippen molar-refractivity contribution >= 4 is 43.8 Å². The second-order valence-corrected chi connectivity index (χ2v) is 10.1. The molecule has 2 unspecified atom stereocenters. The number of ether oxygens (including phenoxy) is 1. The number of hydrogen-bond acceptors (Lipinski definition) is 6. The van der Waals surface area contributed by atoms with E-state index in [4.69, 9.17) is 10.5 Å². The van der Waals surface area contributed by atoms with Crippen molar-refractivity contribution in [2.75, 3.05) is 18.4 Å². The molecule has 0 aliphatic carbocycles. The number of pyridine rings is 1. The number of primary amides is 1. The number of thiophene rings is 1. The SMILES string of the molecule is CC(C)(C)C(Oc1ccc(-c2cc(C(N)=O)c(NC(=O)[As])s2)cn1)C1CCNC1. The fraction of sp³-hybridized carbons (Fsp3) is 0.450. The number of nitrogens with two attached hydrogens (primary N) is 1. The molecule has 0 saturated carbocycles. The van der Waals surface area contributed by atoms with Crippen molar-refractivity contribution in [3.05, 3.63) is 30.0 Å². The van der Waals surface area contributed by atoms with Crippen molar-refractivity contribution in [2.45, 2.75) is 33.3 Å². The summed E-state index contributed by atoms with van der Waals surface area (Å²) in [5.41, 5.74) is 6.53. The van der Waals surface area contributed by atoms with Gasteiger partial charge in [-0.25, -0.2) is 0 Å². The van der Waals surface area contributed by atoms with Crippen LogP contribution >= 0.6 is 11.3 Å². The molecule has 1 fully saturated rings. The molecule has 154 valence electrons. The summed E-state index contributed by atoms with van der Waals surface area (Å²) in [4.78, 5) is 28.3. The van der Waals surface area contributed by atoms with Gasteiger partial charge in [-0.15, -0.1) is 0 Å². The molecule has 0 spiro atoms. The van der Waals surface area contributed by atoms with Gasteiger partial charge in [0.1, 0.15) is 0 Å². The first-order valence-electron chi connectivity index (χ1n) is 9.42. The second-order valence-electron chi connectivity index (χ2n) is 8.19. The number of carbonyl (C=O) groups is 2. The number of anilines is 1. The monoisotopic (exact) mass is 476 g/mol. The first-order chi connectivity index (χ1) is 13.6. The Balaban J connectivity index is 1.81. The first-order valence-corrected chi connectivity index (χ1v) is 11.2. The number of nitrogens with one attached hydrogen (secondary N) is 2. The van der Waals surface area contributed by atoms with Gasteiger partial charge in [0.25, 0.3) is 0 Å². The Morgan fingerprint density at radius 3 is 2.69 bits per heavy atom. The van der Waals surface area contributed by atoms with E-state index in [9.17, 15) is 9.59 Å². The van der Waals surface area contributed by atoms with Crippen molar-refractivity contribution in [3.63, 3.8) is 0 Å². The maximum absolute atomic E-state index is 11.7. The van der Waals surface area contributed by atoms with Gasteiger partial charge in [0.05, 0.1) is 0 Å². The summed E-state index contributed by atoms with van der Waals surface area (Å²) >= 11 is 3.15. The van der Waals surface area contributed by atoms with E-state index >= 15 is 0 Å². The van der Waals surface area contributed by atoms with Crippen LogP contribution < -0.4 is 21.1 Å². The van der Waals surface area contributed by atoms with E-state index in [0.29, 0.717) is 16.8 Å². The molecule has 2 amide bonds. The zero-order valence-electron chi connectivity index (χ0n) is 16.7. The number of hydrogen-bond donors (Lipinski definition) is 3. The van der Waals surface area contributed by atoms with Crippen LogP contribution in [-0.4, -0.2) is 51.6 Å². The van der Waals surface area contributed by atoms with E-state index in [1.807, 2.05) is 29.0 Å². The third-order valence-electron chi connectivity index (χ3n) is 4.87. The molecule has 2 aromatic rings. The van der Waals surface area contributed by atoms with Gasteiger partial charge in [-0.2, -0.15) is 0 Å². The van der Waals surface area contributed by atoms with Crippen molar-refractivity contribution in [2.24, 2.45) is 17.1 Å². The predicted octanol–water partition coefficient (Wildman–Crippen LogP) is 3.01. The summed E-state index contributed by atoms with van der Waals surface area (Å²) in [5, 5.41) is 6.46. The molecule has 1 saturated heterocycles. The van der Waals surface area contributed by atoms with Crippen LogP contribution in [0.2, 0.25) is 0 Å². The van der Waals surface area contributed by atoms with Crippen molar-refractivity contribution in [1.29, 1.82) is 0 Å². The minimum atomic E-state index is -0.588. The minimum absolute atomic E-state index is 0.00700. The Kier molecular flexibility index (Phi) is 6.66. The number of nitrogens with zero attached hydrogens (tertiary/aromatic N) is 1. The van der Waals surface area contributed by atoms with Gasteiger partial charge < -0.3 is 5.32 Å². The summed E-state index contributed by atoms with van der Waals surface area (Å²) < 4.78 is 5.98. The van der Waals surface area contributed by atoms with Crippen molar-refractivity contribution in [3.8, 4) is 16.3 Å². The van der Waals surface area contributed by atoms with Crippen LogP contribution in [0.3, 0.4) is 0 Å². The summed E-state index contributed by atoms with van der Waals surface area (Å²) in [7, 11) is 0. The van der Waals surface area contributed by atoms with Crippen LogP contribution in [0.15, 0.2) is 24.4 Å². The quantitative estimate of drug-likeness (QED) is 0.556. The molecule has 29 heavy (non-hydrogen) atoms. The number of rotatable bonds is 6. The Morgan fingerprint density at radius 1 is 1.41 bits per heavy atom. The molecule has 3 heterocycles. The van der Waals surface area contributed by atoms with Gasteiger partial charge in [0.2, 0.25) is 0 Å². The van der Waals surface area contributed by atoms with Crippen LogP contribution in [0.25, 0.3) is 10.4 Å². The van der Waals surface area contributed by atoms with E-state index in [1.54, 1.807) is 12.3 Å². The molecule has 1 aliphatic heterocycles. The minimum Gasteiger partial charge on any atom is -0.316 e. The topological polar surface area (TPSA) is 106 Å².